The third kappa shape index (κ3) is 4.80. The number of benzene rings is 1. The van der Waals surface area contributed by atoms with Gasteiger partial charge in [0.05, 0.1) is 5.56 Å². The maximum absolute atomic E-state index is 12.2. The predicted molar refractivity (Wildman–Crippen MR) is 105 cm³/mol. The van der Waals surface area contributed by atoms with Gasteiger partial charge in [-0.3, -0.25) is 13.6 Å². The predicted octanol–water partition coefficient (Wildman–Crippen LogP) is 3.76. The van der Waals surface area contributed by atoms with Crippen molar-refractivity contribution in [2.45, 2.75) is 18.7 Å². The van der Waals surface area contributed by atoms with Crippen LogP contribution in [0.2, 0.25) is 0 Å². The lowest BCUT2D eigenvalue weighted by atomic mass is 10.3. The Morgan fingerprint density at radius 2 is 1.77 bits per heavy atom. The summed E-state index contributed by atoms with van der Waals surface area (Å²) >= 11 is 1.39. The summed E-state index contributed by atoms with van der Waals surface area (Å²) < 4.78 is 3.48. The van der Waals surface area contributed by atoms with Gasteiger partial charge in [0.2, 0.25) is 0 Å². The lowest BCUT2D eigenvalue weighted by molar-refractivity contribution is 0.0990. The molecule has 0 atom stereocenters. The van der Waals surface area contributed by atoms with Gasteiger partial charge in [-0.25, -0.2) is 0 Å². The van der Waals surface area contributed by atoms with Crippen molar-refractivity contribution < 1.29 is 9.59 Å². The normalized spacial score (nSPS) is 9.96. The average molecular weight is 370 g/mol. The number of aromatic nitrogens is 2. The minimum atomic E-state index is -0.472. The van der Waals surface area contributed by atoms with Gasteiger partial charge in [-0.15, -0.1) is 0 Å². The number of carbonyl (C=O) groups is 2. The topological polar surface area (TPSA) is 82.1 Å². The van der Waals surface area contributed by atoms with Gasteiger partial charge in [0.15, 0.2) is 0 Å². The SMILES string of the molecule is CC.Cn1cc(Sn2ccc(C(=O)Nc3ccccc3)c2)cc1C(N)=O. The van der Waals surface area contributed by atoms with Crippen LogP contribution in [0.1, 0.15) is 34.7 Å². The Morgan fingerprint density at radius 1 is 1.08 bits per heavy atom. The number of aryl methyl sites for hydroxylation is 1. The van der Waals surface area contributed by atoms with E-state index >= 15 is 0 Å². The first-order valence-electron chi connectivity index (χ1n) is 8.22. The van der Waals surface area contributed by atoms with E-state index in [0.717, 1.165) is 10.6 Å². The molecular formula is C19H22N4O2S. The quantitative estimate of drug-likeness (QED) is 0.717. The maximum Gasteiger partial charge on any atom is 0.265 e. The Kier molecular flexibility index (Phi) is 6.68. The van der Waals surface area contributed by atoms with Crippen LogP contribution in [0.15, 0.2) is 66.0 Å². The summed E-state index contributed by atoms with van der Waals surface area (Å²) in [5.41, 5.74) is 7.05. The summed E-state index contributed by atoms with van der Waals surface area (Å²) in [5.74, 6) is -0.647. The highest BCUT2D eigenvalue weighted by atomic mass is 32.2. The number of nitrogens with one attached hydrogen (secondary N) is 1. The third-order valence-corrected chi connectivity index (χ3v) is 4.28. The number of primary amides is 1. The minimum Gasteiger partial charge on any atom is -0.364 e. The number of nitrogens with two attached hydrogens (primary N) is 1. The standard InChI is InChI=1S/C17H16N4O2S.C2H6/c1-20-11-14(9-15(20)16(18)22)24-21-8-7-12(10-21)17(23)19-13-5-3-2-4-6-13;1-2/h2-11H,1H3,(H2,18,22)(H,19,23);1-2H3. The maximum atomic E-state index is 12.2. The fourth-order valence-electron chi connectivity index (χ4n) is 2.24. The Hall–Kier alpha value is -2.93. The van der Waals surface area contributed by atoms with Crippen LogP contribution >= 0.6 is 11.9 Å². The smallest absolute Gasteiger partial charge is 0.265 e. The lowest BCUT2D eigenvalue weighted by Crippen LogP contribution is -2.14. The molecule has 2 amide bonds. The zero-order chi connectivity index (χ0) is 19.1. The van der Waals surface area contributed by atoms with Crippen molar-refractivity contribution >= 4 is 29.4 Å². The molecule has 1 aromatic carbocycles. The van der Waals surface area contributed by atoms with Crippen LogP contribution in [0.25, 0.3) is 0 Å². The fourth-order valence-corrected chi connectivity index (χ4v) is 3.14. The number of para-hydroxylation sites is 1. The first-order valence-corrected chi connectivity index (χ1v) is 8.99. The molecule has 26 heavy (non-hydrogen) atoms. The van der Waals surface area contributed by atoms with Crippen LogP contribution in [0.4, 0.5) is 5.69 Å². The molecule has 0 saturated heterocycles. The van der Waals surface area contributed by atoms with E-state index in [4.69, 9.17) is 5.73 Å². The molecule has 0 unspecified atom stereocenters. The second kappa shape index (κ2) is 8.96. The number of carbonyl (C=O) groups excluding carboxylic acids is 2. The van der Waals surface area contributed by atoms with Crippen LogP contribution in [0.3, 0.4) is 0 Å². The van der Waals surface area contributed by atoms with Gasteiger partial charge in [-0.1, -0.05) is 32.0 Å². The Bertz CT molecular complexity index is 884. The number of hydrogen-bond donors (Lipinski definition) is 2. The van der Waals surface area contributed by atoms with E-state index < -0.39 is 5.91 Å². The molecule has 2 aromatic heterocycles. The lowest BCUT2D eigenvalue weighted by Gasteiger charge is -2.02. The highest BCUT2D eigenvalue weighted by molar-refractivity contribution is 7.97. The van der Waals surface area contributed by atoms with Gasteiger partial charge in [0.25, 0.3) is 11.8 Å². The van der Waals surface area contributed by atoms with Crippen molar-refractivity contribution in [1.82, 2.24) is 8.54 Å². The number of anilines is 1. The van der Waals surface area contributed by atoms with E-state index in [0.29, 0.717) is 11.3 Å². The molecule has 0 radical (unpaired) electrons. The van der Waals surface area contributed by atoms with Gasteiger partial charge in [0, 0.05) is 36.2 Å². The van der Waals surface area contributed by atoms with E-state index in [1.165, 1.54) is 11.9 Å². The average Bonchev–Trinajstić information content (AvgIpc) is 3.24. The summed E-state index contributed by atoms with van der Waals surface area (Å²) in [6, 6.07) is 12.7. The number of rotatable bonds is 5. The van der Waals surface area contributed by atoms with E-state index in [-0.39, 0.29) is 5.91 Å². The molecule has 2 heterocycles. The van der Waals surface area contributed by atoms with Crippen LogP contribution in [0.5, 0.6) is 0 Å². The van der Waals surface area contributed by atoms with E-state index in [1.807, 2.05) is 50.4 Å². The minimum absolute atomic E-state index is 0.175. The van der Waals surface area contributed by atoms with Crippen molar-refractivity contribution in [2.75, 3.05) is 5.32 Å². The highest BCUT2D eigenvalue weighted by Gasteiger charge is 2.11. The molecule has 7 heteroatoms. The molecule has 3 rings (SSSR count). The molecule has 3 N–H and O–H groups in total. The van der Waals surface area contributed by atoms with Crippen LogP contribution in [0, 0.1) is 0 Å². The molecule has 136 valence electrons. The summed E-state index contributed by atoms with van der Waals surface area (Å²) in [6.45, 7) is 4.00. The first-order chi connectivity index (χ1) is 12.5. The molecule has 0 bridgehead atoms. The molecule has 6 nitrogen and oxygen atoms in total. The third-order valence-electron chi connectivity index (χ3n) is 3.40. The molecule has 0 fully saturated rings. The number of hydrogen-bond acceptors (Lipinski definition) is 3. The molecular weight excluding hydrogens is 348 g/mol. The second-order valence-corrected chi connectivity index (χ2v) is 6.28. The molecule has 0 saturated carbocycles. The van der Waals surface area contributed by atoms with Gasteiger partial charge in [-0.2, -0.15) is 0 Å². The Morgan fingerprint density at radius 3 is 2.38 bits per heavy atom. The number of amides is 2. The number of nitrogens with zero attached hydrogens (tertiary/aromatic N) is 2. The fraction of sp³-hybridized carbons (Fsp3) is 0.158. The van der Waals surface area contributed by atoms with E-state index in [9.17, 15) is 9.59 Å². The largest absolute Gasteiger partial charge is 0.364 e. The van der Waals surface area contributed by atoms with Gasteiger partial charge >= 0.3 is 0 Å². The zero-order valence-electron chi connectivity index (χ0n) is 15.0. The van der Waals surface area contributed by atoms with Crippen molar-refractivity contribution in [3.05, 3.63) is 72.3 Å². The van der Waals surface area contributed by atoms with Crippen molar-refractivity contribution in [1.29, 1.82) is 0 Å². The van der Waals surface area contributed by atoms with Crippen LogP contribution in [-0.4, -0.2) is 20.4 Å². The van der Waals surface area contributed by atoms with Crippen LogP contribution < -0.4 is 11.1 Å². The van der Waals surface area contributed by atoms with E-state index in [1.54, 1.807) is 40.1 Å². The molecule has 0 aliphatic heterocycles. The molecule has 0 aliphatic carbocycles. The first kappa shape index (κ1) is 19.4. The van der Waals surface area contributed by atoms with Crippen molar-refractivity contribution in [3.8, 4) is 0 Å². The summed E-state index contributed by atoms with van der Waals surface area (Å²) in [4.78, 5) is 24.4. The van der Waals surface area contributed by atoms with E-state index in [2.05, 4.69) is 5.32 Å². The monoisotopic (exact) mass is 370 g/mol. The Labute approximate surface area is 157 Å². The molecule has 3 aromatic rings. The zero-order valence-corrected chi connectivity index (χ0v) is 15.8. The second-order valence-electron chi connectivity index (χ2n) is 5.21. The van der Waals surface area contributed by atoms with Gasteiger partial charge in [0.1, 0.15) is 5.69 Å². The molecule has 0 aliphatic rings. The van der Waals surface area contributed by atoms with Gasteiger partial charge in [-0.05, 0) is 36.2 Å². The summed E-state index contributed by atoms with van der Waals surface area (Å²) in [7, 11) is 1.76. The van der Waals surface area contributed by atoms with Crippen molar-refractivity contribution in [3.63, 3.8) is 0 Å². The summed E-state index contributed by atoms with van der Waals surface area (Å²) in [6.07, 6.45) is 5.34. The summed E-state index contributed by atoms with van der Waals surface area (Å²) in [5, 5.41) is 2.84. The van der Waals surface area contributed by atoms with Crippen molar-refractivity contribution in [2.24, 2.45) is 12.8 Å². The van der Waals surface area contributed by atoms with Crippen LogP contribution in [-0.2, 0) is 7.05 Å². The van der Waals surface area contributed by atoms with Gasteiger partial charge < -0.3 is 15.6 Å². The Balaban J connectivity index is 0.00000117. The molecule has 0 spiro atoms. The highest BCUT2D eigenvalue weighted by Crippen LogP contribution is 2.23.